The second kappa shape index (κ2) is 5.83. The van der Waals surface area contributed by atoms with Crippen molar-refractivity contribution in [2.24, 2.45) is 10.9 Å². The SMILES string of the molecule is N/C(CCOc1ccc([N+](=O)[O-])c2ncccc12)=N/O. The van der Waals surface area contributed by atoms with Gasteiger partial charge in [-0.2, -0.15) is 0 Å². The van der Waals surface area contributed by atoms with E-state index < -0.39 is 4.92 Å². The predicted molar refractivity (Wildman–Crippen MR) is 71.9 cm³/mol. The van der Waals surface area contributed by atoms with Gasteiger partial charge in [-0.3, -0.25) is 10.1 Å². The highest BCUT2D eigenvalue weighted by Crippen LogP contribution is 2.31. The van der Waals surface area contributed by atoms with Crippen LogP contribution < -0.4 is 10.5 Å². The Hall–Kier alpha value is -2.90. The Bertz CT molecular complexity index is 672. The summed E-state index contributed by atoms with van der Waals surface area (Å²) in [7, 11) is 0. The van der Waals surface area contributed by atoms with E-state index in [2.05, 4.69) is 10.1 Å². The molecule has 104 valence electrons. The normalized spacial score (nSPS) is 11.5. The zero-order valence-corrected chi connectivity index (χ0v) is 10.4. The van der Waals surface area contributed by atoms with Crippen molar-refractivity contribution in [2.75, 3.05) is 6.61 Å². The third-order valence-corrected chi connectivity index (χ3v) is 2.65. The molecule has 0 radical (unpaired) electrons. The monoisotopic (exact) mass is 276 g/mol. The molecule has 0 saturated carbocycles. The fraction of sp³-hybridized carbons (Fsp3) is 0.167. The first-order valence-corrected chi connectivity index (χ1v) is 5.75. The number of hydrogen-bond donors (Lipinski definition) is 2. The predicted octanol–water partition coefficient (Wildman–Crippen LogP) is 1.66. The summed E-state index contributed by atoms with van der Waals surface area (Å²) >= 11 is 0. The van der Waals surface area contributed by atoms with Crippen molar-refractivity contribution in [2.45, 2.75) is 6.42 Å². The molecule has 0 unspecified atom stereocenters. The summed E-state index contributed by atoms with van der Waals surface area (Å²) in [5.74, 6) is 0.513. The number of fused-ring (bicyclic) bond motifs is 1. The Kier molecular flexibility index (Phi) is 3.94. The molecule has 1 aromatic carbocycles. The number of pyridine rings is 1. The van der Waals surface area contributed by atoms with Gasteiger partial charge in [0.15, 0.2) is 5.52 Å². The van der Waals surface area contributed by atoms with Crippen LogP contribution in [-0.2, 0) is 0 Å². The first-order valence-electron chi connectivity index (χ1n) is 5.75. The van der Waals surface area contributed by atoms with Crippen LogP contribution in [0, 0.1) is 10.1 Å². The largest absolute Gasteiger partial charge is 0.492 e. The maximum absolute atomic E-state index is 10.9. The molecule has 0 aliphatic heterocycles. The number of nitro groups is 1. The molecule has 0 saturated heterocycles. The number of oxime groups is 1. The van der Waals surface area contributed by atoms with Gasteiger partial charge in [0, 0.05) is 24.1 Å². The molecule has 3 N–H and O–H groups in total. The van der Waals surface area contributed by atoms with Gasteiger partial charge in [0.05, 0.1) is 11.5 Å². The van der Waals surface area contributed by atoms with Crippen LogP contribution in [0.25, 0.3) is 10.9 Å². The number of aromatic nitrogens is 1. The molecule has 1 heterocycles. The van der Waals surface area contributed by atoms with E-state index in [1.807, 2.05) is 0 Å². The van der Waals surface area contributed by atoms with Crippen molar-refractivity contribution in [3.63, 3.8) is 0 Å². The summed E-state index contributed by atoms with van der Waals surface area (Å²) < 4.78 is 5.49. The lowest BCUT2D eigenvalue weighted by Crippen LogP contribution is -2.15. The van der Waals surface area contributed by atoms with E-state index in [1.165, 1.54) is 18.3 Å². The van der Waals surface area contributed by atoms with E-state index in [0.29, 0.717) is 11.1 Å². The van der Waals surface area contributed by atoms with Gasteiger partial charge in [0.2, 0.25) is 0 Å². The van der Waals surface area contributed by atoms with Crippen molar-refractivity contribution in [1.82, 2.24) is 4.98 Å². The molecule has 2 rings (SSSR count). The lowest BCUT2D eigenvalue weighted by atomic mass is 10.1. The lowest BCUT2D eigenvalue weighted by molar-refractivity contribution is -0.383. The molecule has 0 atom stereocenters. The van der Waals surface area contributed by atoms with Crippen LogP contribution in [0.15, 0.2) is 35.6 Å². The van der Waals surface area contributed by atoms with Crippen LogP contribution in [0.5, 0.6) is 5.75 Å². The van der Waals surface area contributed by atoms with Crippen molar-refractivity contribution in [3.05, 3.63) is 40.6 Å². The lowest BCUT2D eigenvalue weighted by Gasteiger charge is -2.08. The zero-order chi connectivity index (χ0) is 14.5. The number of nitro benzene ring substituents is 1. The maximum Gasteiger partial charge on any atom is 0.295 e. The van der Waals surface area contributed by atoms with E-state index in [4.69, 9.17) is 15.7 Å². The van der Waals surface area contributed by atoms with Crippen LogP contribution in [-0.4, -0.2) is 27.6 Å². The van der Waals surface area contributed by atoms with Crippen LogP contribution in [0.4, 0.5) is 5.69 Å². The fourth-order valence-corrected chi connectivity index (χ4v) is 1.72. The average molecular weight is 276 g/mol. The molecule has 0 bridgehead atoms. The van der Waals surface area contributed by atoms with Gasteiger partial charge in [-0.1, -0.05) is 5.16 Å². The van der Waals surface area contributed by atoms with Crippen molar-refractivity contribution < 1.29 is 14.9 Å². The van der Waals surface area contributed by atoms with Crippen LogP contribution in [0.2, 0.25) is 0 Å². The van der Waals surface area contributed by atoms with E-state index in [-0.39, 0.29) is 30.1 Å². The summed E-state index contributed by atoms with van der Waals surface area (Å²) in [6.07, 6.45) is 1.73. The highest BCUT2D eigenvalue weighted by molar-refractivity contribution is 5.92. The summed E-state index contributed by atoms with van der Waals surface area (Å²) in [4.78, 5) is 14.5. The Balaban J connectivity index is 2.31. The van der Waals surface area contributed by atoms with Gasteiger partial charge in [-0.05, 0) is 18.2 Å². The number of nitrogens with zero attached hydrogens (tertiary/aromatic N) is 3. The topological polar surface area (TPSA) is 124 Å². The standard InChI is InChI=1S/C12H12N4O4/c13-11(15-17)5-7-20-10-4-3-9(16(18)19)12-8(10)2-1-6-14-12/h1-4,6,17H,5,7H2,(H2,13,15). The van der Waals surface area contributed by atoms with Gasteiger partial charge in [-0.15, -0.1) is 0 Å². The number of benzene rings is 1. The van der Waals surface area contributed by atoms with Crippen molar-refractivity contribution in [1.29, 1.82) is 0 Å². The van der Waals surface area contributed by atoms with Gasteiger partial charge < -0.3 is 15.7 Å². The Morgan fingerprint density at radius 1 is 1.50 bits per heavy atom. The Morgan fingerprint density at radius 2 is 2.30 bits per heavy atom. The first-order chi connectivity index (χ1) is 9.63. The molecule has 0 amide bonds. The summed E-state index contributed by atoms with van der Waals surface area (Å²) in [5.41, 5.74) is 5.52. The van der Waals surface area contributed by atoms with Crippen LogP contribution >= 0.6 is 0 Å². The highest BCUT2D eigenvalue weighted by atomic mass is 16.6. The Morgan fingerprint density at radius 3 is 3.00 bits per heavy atom. The number of ether oxygens (including phenoxy) is 1. The second-order valence-electron chi connectivity index (χ2n) is 3.93. The summed E-state index contributed by atoms with van der Waals surface area (Å²) in [5, 5.41) is 22.7. The van der Waals surface area contributed by atoms with E-state index >= 15 is 0 Å². The van der Waals surface area contributed by atoms with Gasteiger partial charge >= 0.3 is 0 Å². The number of non-ortho nitro benzene ring substituents is 1. The molecule has 0 spiro atoms. The smallest absolute Gasteiger partial charge is 0.295 e. The second-order valence-corrected chi connectivity index (χ2v) is 3.93. The molecule has 0 aliphatic rings. The first kappa shape index (κ1) is 13.5. The molecule has 8 nitrogen and oxygen atoms in total. The number of rotatable bonds is 5. The summed E-state index contributed by atoms with van der Waals surface area (Å²) in [6.45, 7) is 0.192. The maximum atomic E-state index is 10.9. The number of hydrogen-bond acceptors (Lipinski definition) is 6. The van der Waals surface area contributed by atoms with Crippen LogP contribution in [0.3, 0.4) is 0 Å². The van der Waals surface area contributed by atoms with E-state index in [9.17, 15) is 10.1 Å². The average Bonchev–Trinajstić information content (AvgIpc) is 2.46. The van der Waals surface area contributed by atoms with Crippen LogP contribution in [0.1, 0.15) is 6.42 Å². The zero-order valence-electron chi connectivity index (χ0n) is 10.4. The van der Waals surface area contributed by atoms with Gasteiger partial charge in [0.25, 0.3) is 5.69 Å². The Labute approximate surface area is 113 Å². The van der Waals surface area contributed by atoms with Crippen molar-refractivity contribution >= 4 is 22.4 Å². The third kappa shape index (κ3) is 2.74. The minimum Gasteiger partial charge on any atom is -0.492 e. The molecular formula is C12H12N4O4. The molecule has 8 heteroatoms. The molecule has 0 fully saturated rings. The van der Waals surface area contributed by atoms with Gasteiger partial charge in [0.1, 0.15) is 11.6 Å². The number of amidine groups is 1. The molecule has 20 heavy (non-hydrogen) atoms. The van der Waals surface area contributed by atoms with E-state index in [1.54, 1.807) is 12.1 Å². The summed E-state index contributed by atoms with van der Waals surface area (Å²) in [6, 6.07) is 6.21. The molecule has 2 aromatic rings. The highest BCUT2D eigenvalue weighted by Gasteiger charge is 2.15. The van der Waals surface area contributed by atoms with Gasteiger partial charge in [-0.25, -0.2) is 4.98 Å². The minimum absolute atomic E-state index is 0.0503. The third-order valence-electron chi connectivity index (χ3n) is 2.65. The number of nitrogens with two attached hydrogens (primary N) is 1. The fourth-order valence-electron chi connectivity index (χ4n) is 1.72. The van der Waals surface area contributed by atoms with E-state index in [0.717, 1.165) is 0 Å². The molecule has 0 aliphatic carbocycles. The van der Waals surface area contributed by atoms with Crippen molar-refractivity contribution in [3.8, 4) is 5.75 Å². The molecule has 1 aromatic heterocycles. The molecular weight excluding hydrogens is 264 g/mol. The minimum atomic E-state index is -0.491. The quantitative estimate of drug-likeness (QED) is 0.281.